The Kier molecular flexibility index (Phi) is 8.93. The number of anilines is 1. The topological polar surface area (TPSA) is 154 Å². The van der Waals surface area contributed by atoms with E-state index in [9.17, 15) is 14.3 Å². The average Bonchev–Trinajstić information content (AvgIpc) is 3.09. The summed E-state index contributed by atoms with van der Waals surface area (Å²) >= 11 is 0. The number of ether oxygens (including phenoxy) is 2. The summed E-state index contributed by atoms with van der Waals surface area (Å²) in [4.78, 5) is 34.8. The number of unbranched alkanes of at least 4 members (excludes halogenated alkanes) is 3. The molecule has 2 atom stereocenters. The third kappa shape index (κ3) is 7.53. The number of nitrogens with two attached hydrogens (primary N) is 1. The quantitative estimate of drug-likeness (QED) is 0.232. The van der Waals surface area contributed by atoms with Crippen LogP contribution in [0, 0.1) is 0 Å². The fourth-order valence-electron chi connectivity index (χ4n) is 2.98. The Labute approximate surface area is 182 Å². The van der Waals surface area contributed by atoms with Gasteiger partial charge in [0.2, 0.25) is 0 Å². The summed E-state index contributed by atoms with van der Waals surface area (Å²) < 4.78 is 25.1. The lowest BCUT2D eigenvalue weighted by atomic mass is 10.1. The van der Waals surface area contributed by atoms with Gasteiger partial charge in [-0.05, 0) is 27.2 Å². The van der Waals surface area contributed by atoms with Gasteiger partial charge >= 0.3 is 5.97 Å². The van der Waals surface area contributed by atoms with Crippen LogP contribution < -0.4 is 10.8 Å². The van der Waals surface area contributed by atoms with E-state index in [1.54, 1.807) is 17.8 Å². The van der Waals surface area contributed by atoms with E-state index in [4.69, 9.17) is 15.2 Å². The smallest absolute Gasteiger partial charge is 0.326 e. The third-order valence-corrected chi connectivity index (χ3v) is 6.02. The van der Waals surface area contributed by atoms with Crippen LogP contribution in [0.1, 0.15) is 53.4 Å². The minimum absolute atomic E-state index is 0.279. The van der Waals surface area contributed by atoms with Crippen LogP contribution in [0.15, 0.2) is 12.7 Å². The predicted octanol–water partition coefficient (Wildman–Crippen LogP) is 2.45. The minimum Gasteiger partial charge on any atom is -0.464 e. The lowest BCUT2D eigenvalue weighted by Crippen LogP contribution is -2.46. The van der Waals surface area contributed by atoms with Crippen LogP contribution in [-0.4, -0.2) is 55.0 Å². The van der Waals surface area contributed by atoms with Gasteiger partial charge in [0.15, 0.2) is 11.5 Å². The van der Waals surface area contributed by atoms with E-state index < -0.39 is 31.5 Å². The van der Waals surface area contributed by atoms with E-state index >= 15 is 0 Å². The number of carbonyl (C=O) groups is 1. The molecule has 0 fully saturated rings. The van der Waals surface area contributed by atoms with Crippen LogP contribution in [-0.2, 0) is 25.4 Å². The van der Waals surface area contributed by atoms with Crippen LogP contribution in [0.2, 0.25) is 0 Å². The summed E-state index contributed by atoms with van der Waals surface area (Å²) in [6.45, 7) is 7.51. The molecule has 0 bridgehead atoms. The fourth-order valence-corrected chi connectivity index (χ4v) is 4.47. The Balaban J connectivity index is 1.84. The molecule has 11 nitrogen and oxygen atoms in total. The summed E-state index contributed by atoms with van der Waals surface area (Å²) in [5.41, 5.74) is 5.49. The van der Waals surface area contributed by atoms with Crippen LogP contribution in [0.4, 0.5) is 5.82 Å². The van der Waals surface area contributed by atoms with Gasteiger partial charge < -0.3 is 24.7 Å². The molecular formula is C19H33N6O5P. The summed E-state index contributed by atoms with van der Waals surface area (Å²) in [5.74, 6) is -0.297. The van der Waals surface area contributed by atoms with Gasteiger partial charge in [-0.15, -0.1) is 0 Å². The Morgan fingerprint density at radius 1 is 1.32 bits per heavy atom. The zero-order valence-electron chi connectivity index (χ0n) is 18.6. The second-order valence-electron chi connectivity index (χ2n) is 8.07. The van der Waals surface area contributed by atoms with Crippen molar-refractivity contribution in [1.29, 1.82) is 0 Å². The molecule has 2 aromatic rings. The number of nitrogen functional groups attached to an aromatic ring is 1. The zero-order valence-corrected chi connectivity index (χ0v) is 19.5. The number of carbonyl (C=O) groups excluding carboxylic acids is 1. The monoisotopic (exact) mass is 456 g/mol. The molecule has 0 aliphatic rings. The van der Waals surface area contributed by atoms with Crippen molar-refractivity contribution in [2.75, 3.05) is 18.7 Å². The van der Waals surface area contributed by atoms with Crippen molar-refractivity contribution in [3.8, 4) is 0 Å². The molecule has 0 saturated carbocycles. The highest BCUT2D eigenvalue weighted by atomic mass is 31.2. The van der Waals surface area contributed by atoms with Gasteiger partial charge in [0.05, 0.1) is 25.6 Å². The van der Waals surface area contributed by atoms with E-state index in [0.29, 0.717) is 24.3 Å². The molecule has 0 saturated heterocycles. The minimum atomic E-state index is -3.96. The molecule has 2 aromatic heterocycles. The molecular weight excluding hydrogens is 423 g/mol. The third-order valence-electron chi connectivity index (χ3n) is 4.61. The number of aromatic nitrogens is 4. The molecule has 174 valence electrons. The van der Waals surface area contributed by atoms with Gasteiger partial charge in [-0.3, -0.25) is 9.36 Å². The SMILES string of the molecule is CCCCCCOC(=O)C(C)(C)NP(=O)(O)CO[C@H](C)Cn1cnc2c(N)ncnc21. The van der Waals surface area contributed by atoms with Crippen molar-refractivity contribution in [1.82, 2.24) is 24.6 Å². The standard InChI is InChI=1S/C19H33N6O5P/c1-5-6-7-8-9-29-18(26)19(3,4)24-31(27,28)13-30-14(2)10-25-12-23-15-16(20)21-11-22-17(15)25/h11-12,14H,5-10,13H2,1-4H3,(H2,20,21,22)(H2,24,27,28)/t14-/m1/s1. The van der Waals surface area contributed by atoms with E-state index in [1.165, 1.54) is 20.2 Å². The first kappa shape index (κ1) is 25.2. The van der Waals surface area contributed by atoms with Crippen LogP contribution in [0.3, 0.4) is 0 Å². The fraction of sp³-hybridized carbons (Fsp3) is 0.684. The van der Waals surface area contributed by atoms with E-state index in [1.807, 2.05) is 0 Å². The average molecular weight is 456 g/mol. The second kappa shape index (κ2) is 11.0. The molecule has 31 heavy (non-hydrogen) atoms. The number of fused-ring (bicyclic) bond motifs is 1. The lowest BCUT2D eigenvalue weighted by Gasteiger charge is -2.27. The number of nitrogens with one attached hydrogen (secondary N) is 1. The summed E-state index contributed by atoms with van der Waals surface area (Å²) in [7, 11) is -3.96. The van der Waals surface area contributed by atoms with Crippen molar-refractivity contribution >= 4 is 30.5 Å². The van der Waals surface area contributed by atoms with Gasteiger partial charge in [-0.2, -0.15) is 0 Å². The maximum atomic E-state index is 12.6. The van der Waals surface area contributed by atoms with Crippen molar-refractivity contribution in [3.05, 3.63) is 12.7 Å². The number of hydrogen-bond acceptors (Lipinski definition) is 8. The number of hydrogen-bond donors (Lipinski definition) is 3. The maximum Gasteiger partial charge on any atom is 0.326 e. The van der Waals surface area contributed by atoms with Gasteiger partial charge in [0.1, 0.15) is 23.7 Å². The molecule has 0 aliphatic carbocycles. The molecule has 0 aromatic carbocycles. The Hall–Kier alpha value is -2.07. The van der Waals surface area contributed by atoms with Crippen molar-refractivity contribution < 1.29 is 23.7 Å². The number of esters is 1. The molecule has 1 unspecified atom stereocenters. The van der Waals surface area contributed by atoms with Crippen LogP contribution >= 0.6 is 7.52 Å². The molecule has 0 radical (unpaired) electrons. The first-order valence-corrected chi connectivity index (χ1v) is 12.2. The van der Waals surface area contributed by atoms with Gasteiger partial charge in [-0.1, -0.05) is 26.2 Å². The molecule has 0 aliphatic heterocycles. The molecule has 12 heteroatoms. The normalized spacial score (nSPS) is 15.0. The largest absolute Gasteiger partial charge is 0.464 e. The Morgan fingerprint density at radius 3 is 2.77 bits per heavy atom. The molecule has 2 heterocycles. The molecule has 2 rings (SSSR count). The highest BCUT2D eigenvalue weighted by molar-refractivity contribution is 7.55. The number of nitrogens with zero attached hydrogens (tertiary/aromatic N) is 4. The van der Waals surface area contributed by atoms with Gasteiger partial charge in [0.25, 0.3) is 7.52 Å². The Morgan fingerprint density at radius 2 is 2.06 bits per heavy atom. The summed E-state index contributed by atoms with van der Waals surface area (Å²) in [6.07, 6.45) is 5.93. The molecule has 0 spiro atoms. The van der Waals surface area contributed by atoms with Crippen molar-refractivity contribution in [2.45, 2.75) is 71.6 Å². The molecule has 0 amide bonds. The maximum absolute atomic E-state index is 12.6. The zero-order chi connectivity index (χ0) is 23.1. The highest BCUT2D eigenvalue weighted by Gasteiger charge is 2.36. The van der Waals surface area contributed by atoms with E-state index in [0.717, 1.165) is 25.7 Å². The summed E-state index contributed by atoms with van der Waals surface area (Å²) in [6, 6.07) is 0. The lowest BCUT2D eigenvalue weighted by molar-refractivity contribution is -0.149. The van der Waals surface area contributed by atoms with E-state index in [2.05, 4.69) is 27.0 Å². The number of imidazole rings is 1. The first-order valence-electron chi connectivity index (χ1n) is 10.4. The van der Waals surface area contributed by atoms with Gasteiger partial charge in [-0.25, -0.2) is 20.0 Å². The Bertz CT molecular complexity index is 918. The van der Waals surface area contributed by atoms with E-state index in [-0.39, 0.29) is 5.82 Å². The first-order chi connectivity index (χ1) is 14.6. The highest BCUT2D eigenvalue weighted by Crippen LogP contribution is 2.38. The summed E-state index contributed by atoms with van der Waals surface area (Å²) in [5, 5.41) is 2.49. The van der Waals surface area contributed by atoms with Crippen LogP contribution in [0.5, 0.6) is 0 Å². The van der Waals surface area contributed by atoms with Crippen molar-refractivity contribution in [3.63, 3.8) is 0 Å². The second-order valence-corrected chi connectivity index (χ2v) is 9.95. The van der Waals surface area contributed by atoms with Crippen molar-refractivity contribution in [2.24, 2.45) is 0 Å². The van der Waals surface area contributed by atoms with Gasteiger partial charge in [0, 0.05) is 0 Å². The number of rotatable bonds is 13. The van der Waals surface area contributed by atoms with Crippen LogP contribution in [0.25, 0.3) is 11.2 Å². The predicted molar refractivity (Wildman–Crippen MR) is 117 cm³/mol. The molecule has 4 N–H and O–H groups in total.